The summed E-state index contributed by atoms with van der Waals surface area (Å²) in [6, 6.07) is 7.80. The molecule has 1 aromatic carbocycles. The largest absolute Gasteiger partial charge is 0.490 e. The average Bonchev–Trinajstić information content (AvgIpc) is 2.52. The molecular weight excluding hydrogens is 328 g/mol. The van der Waals surface area contributed by atoms with Gasteiger partial charge in [-0.15, -0.1) is 0 Å². The Morgan fingerprint density at radius 3 is 1.54 bits per heavy atom. The summed E-state index contributed by atoms with van der Waals surface area (Å²) >= 11 is 0. The molecular formula is C22H38O4. The number of rotatable bonds is 12. The zero-order valence-corrected chi connectivity index (χ0v) is 17.6. The van der Waals surface area contributed by atoms with Crippen molar-refractivity contribution in [2.45, 2.75) is 54.4 Å². The van der Waals surface area contributed by atoms with Crippen molar-refractivity contribution in [1.82, 2.24) is 0 Å². The number of hydrogen-bond donors (Lipinski definition) is 0. The van der Waals surface area contributed by atoms with E-state index in [1.807, 2.05) is 24.3 Å². The minimum absolute atomic E-state index is 0.262. The lowest BCUT2D eigenvalue weighted by Gasteiger charge is -2.19. The van der Waals surface area contributed by atoms with Crippen molar-refractivity contribution in [3.63, 3.8) is 0 Å². The van der Waals surface area contributed by atoms with E-state index in [0.717, 1.165) is 30.9 Å². The van der Waals surface area contributed by atoms with E-state index in [-0.39, 0.29) is 5.41 Å². The molecule has 0 atom stereocenters. The van der Waals surface area contributed by atoms with Crippen LogP contribution in [-0.2, 0) is 9.47 Å². The third-order valence-corrected chi connectivity index (χ3v) is 3.81. The molecule has 0 aliphatic carbocycles. The molecule has 0 saturated heterocycles. The normalized spacial score (nSPS) is 12.2. The predicted octanol–water partition coefficient (Wildman–Crippen LogP) is 5.35. The molecule has 150 valence electrons. The molecule has 4 nitrogen and oxygen atoms in total. The van der Waals surface area contributed by atoms with Gasteiger partial charge in [0, 0.05) is 6.61 Å². The van der Waals surface area contributed by atoms with E-state index < -0.39 is 0 Å². The molecule has 0 amide bonds. The summed E-state index contributed by atoms with van der Waals surface area (Å²) in [7, 11) is 0. The highest BCUT2D eigenvalue weighted by atomic mass is 16.6. The first-order valence-electron chi connectivity index (χ1n) is 9.67. The number of ether oxygens (including phenoxy) is 4. The minimum Gasteiger partial charge on any atom is -0.490 e. The summed E-state index contributed by atoms with van der Waals surface area (Å²) in [5, 5.41) is 0. The first-order valence-corrected chi connectivity index (χ1v) is 9.67. The highest BCUT2D eigenvalue weighted by Crippen LogP contribution is 2.27. The van der Waals surface area contributed by atoms with E-state index in [2.05, 4.69) is 41.5 Å². The SMILES string of the molecule is CC(C)(C)CCOCCOCCOc1ccccc1OCCC(C)(C)C. The van der Waals surface area contributed by atoms with Crippen molar-refractivity contribution < 1.29 is 18.9 Å². The molecule has 26 heavy (non-hydrogen) atoms. The van der Waals surface area contributed by atoms with E-state index >= 15 is 0 Å². The maximum Gasteiger partial charge on any atom is 0.161 e. The molecule has 0 spiro atoms. The van der Waals surface area contributed by atoms with E-state index in [1.54, 1.807) is 0 Å². The quantitative estimate of drug-likeness (QED) is 0.467. The third kappa shape index (κ3) is 12.2. The van der Waals surface area contributed by atoms with Crippen molar-refractivity contribution in [2.24, 2.45) is 10.8 Å². The van der Waals surface area contributed by atoms with Gasteiger partial charge in [0.2, 0.25) is 0 Å². The standard InChI is InChI=1S/C22H38O4/c1-21(2,3)11-13-23-15-16-24-17-18-26-20-10-8-7-9-19(20)25-14-12-22(4,5)6/h7-10H,11-18H2,1-6H3. The fourth-order valence-corrected chi connectivity index (χ4v) is 2.07. The maximum absolute atomic E-state index is 5.88. The second kappa shape index (κ2) is 11.5. The molecule has 0 aliphatic heterocycles. The predicted molar refractivity (Wildman–Crippen MR) is 107 cm³/mol. The highest BCUT2D eigenvalue weighted by molar-refractivity contribution is 5.39. The Morgan fingerprint density at radius 2 is 1.00 bits per heavy atom. The Bertz CT molecular complexity index is 486. The van der Waals surface area contributed by atoms with E-state index in [9.17, 15) is 0 Å². The van der Waals surface area contributed by atoms with Gasteiger partial charge in [-0.1, -0.05) is 53.7 Å². The zero-order chi connectivity index (χ0) is 19.5. The van der Waals surface area contributed by atoms with Crippen molar-refractivity contribution in [3.05, 3.63) is 24.3 Å². The molecule has 1 aromatic rings. The van der Waals surface area contributed by atoms with Crippen molar-refractivity contribution >= 4 is 0 Å². The van der Waals surface area contributed by atoms with Gasteiger partial charge in [0.1, 0.15) is 6.61 Å². The zero-order valence-electron chi connectivity index (χ0n) is 17.6. The van der Waals surface area contributed by atoms with Crippen LogP contribution in [0.5, 0.6) is 11.5 Å². The summed E-state index contributed by atoms with van der Waals surface area (Å²) in [5.41, 5.74) is 0.579. The molecule has 4 heteroatoms. The lowest BCUT2D eigenvalue weighted by molar-refractivity contribution is 0.0289. The van der Waals surface area contributed by atoms with Gasteiger partial charge in [0.15, 0.2) is 11.5 Å². The van der Waals surface area contributed by atoms with E-state index in [4.69, 9.17) is 18.9 Å². The van der Waals surface area contributed by atoms with Gasteiger partial charge in [0.25, 0.3) is 0 Å². The van der Waals surface area contributed by atoms with Crippen molar-refractivity contribution in [1.29, 1.82) is 0 Å². The van der Waals surface area contributed by atoms with Gasteiger partial charge in [-0.2, -0.15) is 0 Å². The van der Waals surface area contributed by atoms with E-state index in [0.29, 0.717) is 38.4 Å². The van der Waals surface area contributed by atoms with Crippen LogP contribution in [0.25, 0.3) is 0 Å². The summed E-state index contributed by atoms with van der Waals surface area (Å²) in [6.45, 7) is 17.0. The Balaban J connectivity index is 2.15. The van der Waals surface area contributed by atoms with Crippen LogP contribution >= 0.6 is 0 Å². The summed E-state index contributed by atoms with van der Waals surface area (Å²) in [5.74, 6) is 1.56. The monoisotopic (exact) mass is 366 g/mol. The van der Waals surface area contributed by atoms with Gasteiger partial charge < -0.3 is 18.9 Å². The molecule has 0 unspecified atom stereocenters. The summed E-state index contributed by atoms with van der Waals surface area (Å²) in [6.07, 6.45) is 2.06. The van der Waals surface area contributed by atoms with Crippen LogP contribution in [0.3, 0.4) is 0 Å². The maximum atomic E-state index is 5.88. The van der Waals surface area contributed by atoms with Crippen LogP contribution in [-0.4, -0.2) is 39.6 Å². The van der Waals surface area contributed by atoms with Gasteiger partial charge in [-0.25, -0.2) is 0 Å². The smallest absolute Gasteiger partial charge is 0.161 e. The van der Waals surface area contributed by atoms with Crippen LogP contribution in [0.4, 0.5) is 0 Å². The number of para-hydroxylation sites is 2. The van der Waals surface area contributed by atoms with Crippen LogP contribution in [0.2, 0.25) is 0 Å². The molecule has 0 N–H and O–H groups in total. The molecule has 0 heterocycles. The minimum atomic E-state index is 0.262. The molecule has 0 saturated carbocycles. The Morgan fingerprint density at radius 1 is 0.577 bits per heavy atom. The average molecular weight is 367 g/mol. The Kier molecular flexibility index (Phi) is 10.0. The van der Waals surface area contributed by atoms with Gasteiger partial charge in [-0.3, -0.25) is 0 Å². The summed E-state index contributed by atoms with van der Waals surface area (Å²) in [4.78, 5) is 0. The van der Waals surface area contributed by atoms with Crippen LogP contribution < -0.4 is 9.47 Å². The van der Waals surface area contributed by atoms with Gasteiger partial charge in [-0.05, 0) is 35.8 Å². The lowest BCUT2D eigenvalue weighted by Crippen LogP contribution is -2.14. The number of hydrogen-bond acceptors (Lipinski definition) is 4. The lowest BCUT2D eigenvalue weighted by atomic mass is 9.93. The van der Waals surface area contributed by atoms with Crippen LogP contribution in [0.1, 0.15) is 54.4 Å². The van der Waals surface area contributed by atoms with Crippen LogP contribution in [0, 0.1) is 10.8 Å². The van der Waals surface area contributed by atoms with Gasteiger partial charge in [0.05, 0.1) is 26.4 Å². The molecule has 0 radical (unpaired) electrons. The van der Waals surface area contributed by atoms with Gasteiger partial charge >= 0.3 is 0 Å². The van der Waals surface area contributed by atoms with Crippen LogP contribution in [0.15, 0.2) is 24.3 Å². The first kappa shape index (κ1) is 22.8. The fraction of sp³-hybridized carbons (Fsp3) is 0.727. The van der Waals surface area contributed by atoms with E-state index in [1.165, 1.54) is 0 Å². The third-order valence-electron chi connectivity index (χ3n) is 3.81. The Labute approximate surface area is 160 Å². The molecule has 0 aromatic heterocycles. The summed E-state index contributed by atoms with van der Waals surface area (Å²) < 4.78 is 22.8. The Hall–Kier alpha value is -1.26. The molecule has 0 bridgehead atoms. The topological polar surface area (TPSA) is 36.9 Å². The second-order valence-electron chi connectivity index (χ2n) is 8.99. The molecule has 0 fully saturated rings. The second-order valence-corrected chi connectivity index (χ2v) is 8.99. The molecule has 1 rings (SSSR count). The highest BCUT2D eigenvalue weighted by Gasteiger charge is 2.11. The molecule has 0 aliphatic rings. The van der Waals surface area contributed by atoms with Crippen molar-refractivity contribution in [3.8, 4) is 11.5 Å². The van der Waals surface area contributed by atoms with Crippen molar-refractivity contribution in [2.75, 3.05) is 39.6 Å². The fourth-order valence-electron chi connectivity index (χ4n) is 2.07. The first-order chi connectivity index (χ1) is 12.2. The number of benzene rings is 1.